The van der Waals surface area contributed by atoms with E-state index in [4.69, 9.17) is 9.47 Å². The van der Waals surface area contributed by atoms with E-state index in [0.29, 0.717) is 18.0 Å². The third-order valence-electron chi connectivity index (χ3n) is 3.67. The molecule has 1 amide bonds. The molecule has 2 rings (SSSR count). The molecule has 0 fully saturated rings. The predicted octanol–water partition coefficient (Wildman–Crippen LogP) is 2.13. The van der Waals surface area contributed by atoms with Crippen molar-refractivity contribution in [2.45, 2.75) is 26.3 Å². The largest absolute Gasteiger partial charge is 0.493 e. The Balaban J connectivity index is 1.88. The molecule has 0 radical (unpaired) electrons. The van der Waals surface area contributed by atoms with Crippen molar-refractivity contribution in [1.82, 2.24) is 15.1 Å². The number of rotatable bonds is 7. The number of amides is 1. The fraction of sp³-hybridized carbons (Fsp3) is 0.412. The molecule has 1 unspecified atom stereocenters. The average Bonchev–Trinajstić information content (AvgIpc) is 3.00. The van der Waals surface area contributed by atoms with Crippen LogP contribution in [0.5, 0.6) is 11.5 Å². The summed E-state index contributed by atoms with van der Waals surface area (Å²) in [6, 6.07) is 5.43. The van der Waals surface area contributed by atoms with Crippen molar-refractivity contribution in [3.63, 3.8) is 0 Å². The molecule has 0 saturated heterocycles. The fourth-order valence-corrected chi connectivity index (χ4v) is 2.28. The highest BCUT2D eigenvalue weighted by atomic mass is 16.5. The Morgan fingerprint density at radius 1 is 1.30 bits per heavy atom. The highest BCUT2D eigenvalue weighted by Gasteiger charge is 2.15. The van der Waals surface area contributed by atoms with Crippen LogP contribution in [0.25, 0.3) is 0 Å². The van der Waals surface area contributed by atoms with E-state index in [1.165, 1.54) is 0 Å². The monoisotopic (exact) mass is 317 g/mol. The van der Waals surface area contributed by atoms with Crippen LogP contribution in [0.4, 0.5) is 0 Å². The van der Waals surface area contributed by atoms with Crippen molar-refractivity contribution in [1.29, 1.82) is 0 Å². The molecule has 0 bridgehead atoms. The Hall–Kier alpha value is -2.50. The molecule has 1 aromatic carbocycles. The first-order chi connectivity index (χ1) is 11.0. The average molecular weight is 317 g/mol. The molecule has 124 valence electrons. The minimum Gasteiger partial charge on any atom is -0.493 e. The van der Waals surface area contributed by atoms with Gasteiger partial charge >= 0.3 is 0 Å². The second-order valence-electron chi connectivity index (χ2n) is 5.40. The standard InChI is InChI=1S/C17H23N3O3/c1-12-10-19-20(11-12)13(2)17(21)18-8-7-14-5-6-15(22-3)16(9-14)23-4/h5-6,9-11,13H,7-8H2,1-4H3,(H,18,21). The summed E-state index contributed by atoms with van der Waals surface area (Å²) in [4.78, 5) is 12.1. The van der Waals surface area contributed by atoms with Gasteiger partial charge in [0.2, 0.25) is 5.91 Å². The van der Waals surface area contributed by atoms with Gasteiger partial charge < -0.3 is 14.8 Å². The van der Waals surface area contributed by atoms with Gasteiger partial charge in [-0.3, -0.25) is 9.48 Å². The SMILES string of the molecule is COc1ccc(CCNC(=O)C(C)n2cc(C)cn2)cc1OC. The molecule has 6 heteroatoms. The molecular formula is C17H23N3O3. The maximum absolute atomic E-state index is 12.1. The zero-order valence-corrected chi connectivity index (χ0v) is 14.0. The summed E-state index contributed by atoms with van der Waals surface area (Å²) in [5.41, 5.74) is 2.11. The van der Waals surface area contributed by atoms with Gasteiger partial charge in [0.1, 0.15) is 6.04 Å². The fourth-order valence-electron chi connectivity index (χ4n) is 2.28. The molecule has 1 atom stereocenters. The third-order valence-corrected chi connectivity index (χ3v) is 3.67. The van der Waals surface area contributed by atoms with Crippen LogP contribution in [0.15, 0.2) is 30.6 Å². The maximum atomic E-state index is 12.1. The van der Waals surface area contributed by atoms with Gasteiger partial charge in [0, 0.05) is 12.7 Å². The summed E-state index contributed by atoms with van der Waals surface area (Å²) in [5, 5.41) is 7.10. The Kier molecular flexibility index (Phi) is 5.62. The van der Waals surface area contributed by atoms with Crippen LogP contribution >= 0.6 is 0 Å². The van der Waals surface area contributed by atoms with Crippen molar-refractivity contribution in [3.05, 3.63) is 41.7 Å². The Bertz CT molecular complexity index is 667. The van der Waals surface area contributed by atoms with Crippen molar-refractivity contribution in [2.24, 2.45) is 0 Å². The first-order valence-electron chi connectivity index (χ1n) is 7.54. The second kappa shape index (κ2) is 7.67. The number of methoxy groups -OCH3 is 2. The predicted molar refractivity (Wildman–Crippen MR) is 87.9 cm³/mol. The number of ether oxygens (including phenoxy) is 2. The molecule has 0 saturated carbocycles. The number of nitrogens with one attached hydrogen (secondary N) is 1. The number of nitrogens with zero attached hydrogens (tertiary/aromatic N) is 2. The number of aryl methyl sites for hydroxylation is 1. The van der Waals surface area contributed by atoms with Crippen molar-refractivity contribution < 1.29 is 14.3 Å². The zero-order chi connectivity index (χ0) is 16.8. The molecule has 0 aliphatic rings. The second-order valence-corrected chi connectivity index (χ2v) is 5.40. The van der Waals surface area contributed by atoms with E-state index in [9.17, 15) is 4.79 Å². The van der Waals surface area contributed by atoms with Crippen LogP contribution in [0.3, 0.4) is 0 Å². The van der Waals surface area contributed by atoms with Crippen molar-refractivity contribution in [2.75, 3.05) is 20.8 Å². The van der Waals surface area contributed by atoms with E-state index in [-0.39, 0.29) is 11.9 Å². The number of hydrogen-bond acceptors (Lipinski definition) is 4. The Labute approximate surface area is 136 Å². The lowest BCUT2D eigenvalue weighted by atomic mass is 10.1. The molecule has 23 heavy (non-hydrogen) atoms. The topological polar surface area (TPSA) is 65.4 Å². The highest BCUT2D eigenvalue weighted by molar-refractivity contribution is 5.79. The Morgan fingerprint density at radius 3 is 2.65 bits per heavy atom. The number of benzene rings is 1. The summed E-state index contributed by atoms with van der Waals surface area (Å²) in [5.74, 6) is 1.34. The van der Waals surface area contributed by atoms with Gasteiger partial charge in [-0.1, -0.05) is 6.07 Å². The van der Waals surface area contributed by atoms with Gasteiger partial charge in [0.25, 0.3) is 0 Å². The van der Waals surface area contributed by atoms with E-state index in [0.717, 1.165) is 17.5 Å². The van der Waals surface area contributed by atoms with Gasteiger partial charge in [-0.25, -0.2) is 0 Å². The van der Waals surface area contributed by atoms with Crippen LogP contribution in [0.1, 0.15) is 24.1 Å². The van der Waals surface area contributed by atoms with Gasteiger partial charge in [-0.2, -0.15) is 5.10 Å². The smallest absolute Gasteiger partial charge is 0.244 e. The van der Waals surface area contributed by atoms with Crippen LogP contribution in [0, 0.1) is 6.92 Å². The summed E-state index contributed by atoms with van der Waals surface area (Å²) < 4.78 is 12.2. The Morgan fingerprint density at radius 2 is 2.04 bits per heavy atom. The van der Waals surface area contributed by atoms with E-state index in [1.54, 1.807) is 25.1 Å². The normalized spacial score (nSPS) is 11.8. The van der Waals surface area contributed by atoms with Crippen molar-refractivity contribution >= 4 is 5.91 Å². The first kappa shape index (κ1) is 16.9. The van der Waals surface area contributed by atoms with Crippen LogP contribution in [-0.4, -0.2) is 36.5 Å². The molecule has 0 aliphatic carbocycles. The summed E-state index contributed by atoms with van der Waals surface area (Å²) >= 11 is 0. The number of carbonyl (C=O) groups is 1. The molecule has 0 aliphatic heterocycles. The van der Waals surface area contributed by atoms with Gasteiger partial charge in [-0.15, -0.1) is 0 Å². The lowest BCUT2D eigenvalue weighted by Crippen LogP contribution is -2.32. The van der Waals surface area contributed by atoms with E-state index >= 15 is 0 Å². The summed E-state index contributed by atoms with van der Waals surface area (Å²) in [7, 11) is 3.22. The molecular weight excluding hydrogens is 294 g/mol. The molecule has 6 nitrogen and oxygen atoms in total. The zero-order valence-electron chi connectivity index (χ0n) is 14.0. The summed E-state index contributed by atoms with van der Waals surface area (Å²) in [6.07, 6.45) is 4.32. The van der Waals surface area contributed by atoms with Gasteiger partial charge in [0.15, 0.2) is 11.5 Å². The lowest BCUT2D eigenvalue weighted by Gasteiger charge is -2.13. The van der Waals surface area contributed by atoms with E-state index < -0.39 is 0 Å². The quantitative estimate of drug-likeness (QED) is 0.849. The minimum absolute atomic E-state index is 0.0476. The first-order valence-corrected chi connectivity index (χ1v) is 7.54. The lowest BCUT2D eigenvalue weighted by molar-refractivity contribution is -0.124. The number of carbonyl (C=O) groups excluding carboxylic acids is 1. The third kappa shape index (κ3) is 4.25. The van der Waals surface area contributed by atoms with Crippen LogP contribution in [-0.2, 0) is 11.2 Å². The minimum atomic E-state index is -0.325. The van der Waals surface area contributed by atoms with Crippen molar-refractivity contribution in [3.8, 4) is 11.5 Å². The summed E-state index contributed by atoms with van der Waals surface area (Å²) in [6.45, 7) is 4.34. The highest BCUT2D eigenvalue weighted by Crippen LogP contribution is 2.27. The molecule has 1 N–H and O–H groups in total. The molecule has 2 aromatic rings. The van der Waals surface area contributed by atoms with Crippen LogP contribution < -0.4 is 14.8 Å². The van der Waals surface area contributed by atoms with Gasteiger partial charge in [0.05, 0.1) is 20.4 Å². The number of hydrogen-bond donors (Lipinski definition) is 1. The number of aromatic nitrogens is 2. The van der Waals surface area contributed by atoms with E-state index in [2.05, 4.69) is 10.4 Å². The van der Waals surface area contributed by atoms with E-state index in [1.807, 2.05) is 38.2 Å². The van der Waals surface area contributed by atoms with Crippen LogP contribution in [0.2, 0.25) is 0 Å². The molecule has 0 spiro atoms. The maximum Gasteiger partial charge on any atom is 0.244 e. The molecule has 1 aromatic heterocycles. The molecule has 1 heterocycles. The van der Waals surface area contributed by atoms with Gasteiger partial charge in [-0.05, 0) is 43.5 Å².